The fourth-order valence-corrected chi connectivity index (χ4v) is 1.53. The Labute approximate surface area is 101 Å². The second kappa shape index (κ2) is 5.65. The molecule has 0 fully saturated rings. The zero-order valence-corrected chi connectivity index (χ0v) is 10.3. The van der Waals surface area contributed by atoms with Gasteiger partial charge in [0.05, 0.1) is 12.2 Å². The summed E-state index contributed by atoms with van der Waals surface area (Å²) in [6.07, 6.45) is -0.363. The third-order valence-electron chi connectivity index (χ3n) is 1.87. The van der Waals surface area contributed by atoms with E-state index in [2.05, 4.69) is 20.7 Å². The quantitative estimate of drug-likeness (QED) is 0.524. The van der Waals surface area contributed by atoms with Gasteiger partial charge in [0.1, 0.15) is 12.2 Å². The van der Waals surface area contributed by atoms with Crippen molar-refractivity contribution < 1.29 is 19.4 Å². The SMILES string of the molecule is CCOC(=O)CC(=O)c1cc(Br)ccc1O. The van der Waals surface area contributed by atoms with Crippen LogP contribution in [0.3, 0.4) is 0 Å². The number of aromatic hydroxyl groups is 1. The lowest BCUT2D eigenvalue weighted by Crippen LogP contribution is -2.11. The van der Waals surface area contributed by atoms with Crippen molar-refractivity contribution in [3.63, 3.8) is 0 Å². The van der Waals surface area contributed by atoms with Crippen molar-refractivity contribution in [2.45, 2.75) is 13.3 Å². The maximum atomic E-state index is 11.6. The summed E-state index contributed by atoms with van der Waals surface area (Å²) in [6.45, 7) is 1.90. The van der Waals surface area contributed by atoms with Crippen molar-refractivity contribution >= 4 is 27.7 Å². The Balaban J connectivity index is 2.80. The lowest BCUT2D eigenvalue weighted by Gasteiger charge is -2.04. The van der Waals surface area contributed by atoms with Crippen LogP contribution in [0.2, 0.25) is 0 Å². The molecule has 86 valence electrons. The van der Waals surface area contributed by atoms with Crippen LogP contribution in [-0.2, 0) is 9.53 Å². The van der Waals surface area contributed by atoms with Gasteiger partial charge in [-0.05, 0) is 25.1 Å². The molecular formula is C11H11BrO4. The third kappa shape index (κ3) is 3.34. The second-order valence-electron chi connectivity index (χ2n) is 3.07. The van der Waals surface area contributed by atoms with E-state index in [1.807, 2.05) is 0 Å². The van der Waals surface area contributed by atoms with E-state index in [-0.39, 0.29) is 24.3 Å². The fraction of sp³-hybridized carbons (Fsp3) is 0.273. The molecule has 0 radical (unpaired) electrons. The van der Waals surface area contributed by atoms with Crippen LogP contribution in [0.5, 0.6) is 5.75 Å². The summed E-state index contributed by atoms with van der Waals surface area (Å²) in [6, 6.07) is 4.47. The Morgan fingerprint density at radius 3 is 2.75 bits per heavy atom. The van der Waals surface area contributed by atoms with Crippen LogP contribution < -0.4 is 0 Å². The van der Waals surface area contributed by atoms with E-state index < -0.39 is 11.8 Å². The molecule has 0 saturated heterocycles. The van der Waals surface area contributed by atoms with Gasteiger partial charge in [-0.1, -0.05) is 15.9 Å². The average Bonchev–Trinajstić information content (AvgIpc) is 2.21. The first kappa shape index (κ1) is 12.7. The smallest absolute Gasteiger partial charge is 0.313 e. The van der Waals surface area contributed by atoms with Gasteiger partial charge < -0.3 is 9.84 Å². The normalized spacial score (nSPS) is 9.88. The van der Waals surface area contributed by atoms with Gasteiger partial charge in [0.2, 0.25) is 0 Å². The number of phenols is 1. The summed E-state index contributed by atoms with van der Waals surface area (Å²) in [7, 11) is 0. The summed E-state index contributed by atoms with van der Waals surface area (Å²) in [5.41, 5.74) is 0.113. The van der Waals surface area contributed by atoms with Crippen LogP contribution in [0.25, 0.3) is 0 Å². The number of hydrogen-bond acceptors (Lipinski definition) is 4. The topological polar surface area (TPSA) is 63.6 Å². The lowest BCUT2D eigenvalue weighted by atomic mass is 10.1. The molecular weight excluding hydrogens is 276 g/mol. The first-order chi connectivity index (χ1) is 7.54. The largest absolute Gasteiger partial charge is 0.507 e. The molecule has 1 rings (SSSR count). The molecule has 0 spiro atoms. The molecule has 0 aliphatic rings. The van der Waals surface area contributed by atoms with Gasteiger partial charge in [-0.3, -0.25) is 9.59 Å². The molecule has 0 aliphatic heterocycles. The van der Waals surface area contributed by atoms with Crippen LogP contribution in [0.15, 0.2) is 22.7 Å². The molecule has 5 heteroatoms. The number of halogens is 1. The monoisotopic (exact) mass is 286 g/mol. The molecule has 1 aromatic carbocycles. The molecule has 16 heavy (non-hydrogen) atoms. The highest BCUT2D eigenvalue weighted by Gasteiger charge is 2.16. The van der Waals surface area contributed by atoms with Gasteiger partial charge in [0, 0.05) is 4.47 Å². The maximum Gasteiger partial charge on any atom is 0.313 e. The average molecular weight is 287 g/mol. The van der Waals surface area contributed by atoms with Crippen LogP contribution in [0.4, 0.5) is 0 Å². The number of Topliss-reactive ketones (excluding diaryl/α,β-unsaturated/α-hetero) is 1. The summed E-state index contributed by atoms with van der Waals surface area (Å²) in [5, 5.41) is 9.45. The molecule has 0 bridgehead atoms. The molecule has 0 aromatic heterocycles. The number of ketones is 1. The summed E-state index contributed by atoms with van der Waals surface area (Å²) >= 11 is 3.18. The van der Waals surface area contributed by atoms with Gasteiger partial charge in [0.15, 0.2) is 5.78 Å². The summed E-state index contributed by atoms with van der Waals surface area (Å²) in [4.78, 5) is 22.7. The standard InChI is InChI=1S/C11H11BrO4/c1-2-16-11(15)6-10(14)8-5-7(12)3-4-9(8)13/h3-5,13H,2,6H2,1H3. The summed E-state index contributed by atoms with van der Waals surface area (Å²) in [5.74, 6) is -1.19. The number of carbonyl (C=O) groups is 2. The van der Waals surface area contributed by atoms with Crippen molar-refractivity contribution in [2.75, 3.05) is 6.61 Å². The third-order valence-corrected chi connectivity index (χ3v) is 2.36. The van der Waals surface area contributed by atoms with Crippen molar-refractivity contribution in [1.29, 1.82) is 0 Å². The van der Waals surface area contributed by atoms with E-state index in [0.717, 1.165) is 0 Å². The predicted molar refractivity (Wildman–Crippen MR) is 61.4 cm³/mol. The highest BCUT2D eigenvalue weighted by molar-refractivity contribution is 9.10. The van der Waals surface area contributed by atoms with Gasteiger partial charge in [-0.15, -0.1) is 0 Å². The summed E-state index contributed by atoms with van der Waals surface area (Å²) < 4.78 is 5.32. The number of phenolic OH excluding ortho intramolecular Hbond substituents is 1. The highest BCUT2D eigenvalue weighted by Crippen LogP contribution is 2.23. The van der Waals surface area contributed by atoms with Crippen LogP contribution in [0, 0.1) is 0 Å². The number of ether oxygens (including phenoxy) is 1. The number of hydrogen-bond donors (Lipinski definition) is 1. The molecule has 4 nitrogen and oxygen atoms in total. The molecule has 0 atom stereocenters. The van der Waals surface area contributed by atoms with Gasteiger partial charge in [0.25, 0.3) is 0 Å². The van der Waals surface area contributed by atoms with Gasteiger partial charge >= 0.3 is 5.97 Å². The first-order valence-electron chi connectivity index (χ1n) is 4.72. The molecule has 1 aromatic rings. The molecule has 0 unspecified atom stereocenters. The van der Waals surface area contributed by atoms with E-state index >= 15 is 0 Å². The van der Waals surface area contributed by atoms with E-state index in [0.29, 0.717) is 4.47 Å². The highest BCUT2D eigenvalue weighted by atomic mass is 79.9. The van der Waals surface area contributed by atoms with E-state index in [1.54, 1.807) is 13.0 Å². The number of benzene rings is 1. The number of esters is 1. The zero-order valence-electron chi connectivity index (χ0n) is 8.70. The maximum absolute atomic E-state index is 11.6. The Morgan fingerprint density at radius 2 is 2.12 bits per heavy atom. The minimum atomic E-state index is -0.591. The van der Waals surface area contributed by atoms with Crippen LogP contribution in [-0.4, -0.2) is 23.5 Å². The molecule has 0 heterocycles. The Bertz CT molecular complexity index is 414. The van der Waals surface area contributed by atoms with E-state index in [1.165, 1.54) is 12.1 Å². The van der Waals surface area contributed by atoms with E-state index in [4.69, 9.17) is 0 Å². The Morgan fingerprint density at radius 1 is 1.44 bits per heavy atom. The fourth-order valence-electron chi connectivity index (χ4n) is 1.17. The molecule has 1 N–H and O–H groups in total. The number of carbonyl (C=O) groups excluding carboxylic acids is 2. The van der Waals surface area contributed by atoms with Gasteiger partial charge in [-0.2, -0.15) is 0 Å². The lowest BCUT2D eigenvalue weighted by molar-refractivity contribution is -0.141. The van der Waals surface area contributed by atoms with Crippen molar-refractivity contribution in [2.24, 2.45) is 0 Å². The predicted octanol–water partition coefficient (Wildman–Crippen LogP) is 2.29. The first-order valence-corrected chi connectivity index (χ1v) is 5.51. The van der Waals surface area contributed by atoms with Crippen molar-refractivity contribution in [3.8, 4) is 5.75 Å². The Kier molecular flexibility index (Phi) is 4.49. The molecule has 0 amide bonds. The van der Waals surface area contributed by atoms with Crippen molar-refractivity contribution in [1.82, 2.24) is 0 Å². The molecule has 0 saturated carbocycles. The molecule has 0 aliphatic carbocycles. The number of rotatable bonds is 4. The minimum Gasteiger partial charge on any atom is -0.507 e. The second-order valence-corrected chi connectivity index (χ2v) is 3.98. The van der Waals surface area contributed by atoms with Crippen LogP contribution >= 0.6 is 15.9 Å². The van der Waals surface area contributed by atoms with Gasteiger partial charge in [-0.25, -0.2) is 0 Å². The Hall–Kier alpha value is -1.36. The van der Waals surface area contributed by atoms with E-state index in [9.17, 15) is 14.7 Å². The minimum absolute atomic E-state index is 0.113. The zero-order chi connectivity index (χ0) is 12.1. The van der Waals surface area contributed by atoms with Crippen LogP contribution in [0.1, 0.15) is 23.7 Å². The van der Waals surface area contributed by atoms with Crippen molar-refractivity contribution in [3.05, 3.63) is 28.2 Å².